The van der Waals surface area contributed by atoms with Crippen LogP contribution in [0.1, 0.15) is 29.2 Å². The lowest BCUT2D eigenvalue weighted by Gasteiger charge is -2.16. The van der Waals surface area contributed by atoms with E-state index >= 15 is 4.39 Å². The highest BCUT2D eigenvalue weighted by Crippen LogP contribution is 2.40. The van der Waals surface area contributed by atoms with E-state index in [0.29, 0.717) is 38.1 Å². The molecular formula is C27H16Cl2FN3O3. The highest BCUT2D eigenvalue weighted by Gasteiger charge is 2.29. The molecule has 0 aliphatic heterocycles. The van der Waals surface area contributed by atoms with Crippen LogP contribution in [0.25, 0.3) is 44.5 Å². The van der Waals surface area contributed by atoms with Crippen LogP contribution in [-0.2, 0) is 0 Å². The quantitative estimate of drug-likeness (QED) is 0.265. The summed E-state index contributed by atoms with van der Waals surface area (Å²) in [5.74, 6) is -2.12. The first kappa shape index (κ1) is 22.6. The zero-order valence-electron chi connectivity index (χ0n) is 18.5. The third-order valence-electron chi connectivity index (χ3n) is 6.29. The summed E-state index contributed by atoms with van der Waals surface area (Å²) in [4.78, 5) is 34.3. The van der Waals surface area contributed by atoms with Crippen molar-refractivity contribution in [1.82, 2.24) is 14.5 Å². The van der Waals surface area contributed by atoms with Crippen LogP contribution in [0.3, 0.4) is 0 Å². The first-order chi connectivity index (χ1) is 17.3. The Morgan fingerprint density at radius 1 is 0.917 bits per heavy atom. The van der Waals surface area contributed by atoms with Gasteiger partial charge in [0, 0.05) is 33.4 Å². The molecule has 9 heteroatoms. The number of carboxylic acids is 1. The minimum atomic E-state index is -1.36. The second-order valence-corrected chi connectivity index (χ2v) is 9.57. The van der Waals surface area contributed by atoms with Crippen molar-refractivity contribution in [2.24, 2.45) is 0 Å². The average molecular weight is 520 g/mol. The smallest absolute Gasteiger partial charge is 0.341 e. The molecule has 1 aliphatic rings. The molecule has 1 saturated carbocycles. The number of fused-ring (bicyclic) bond motifs is 3. The van der Waals surface area contributed by atoms with Gasteiger partial charge in [-0.3, -0.25) is 4.79 Å². The third-order valence-corrected chi connectivity index (χ3v) is 6.80. The summed E-state index contributed by atoms with van der Waals surface area (Å²) in [5.41, 5.74) is 1.65. The topological polar surface area (TPSA) is 85.1 Å². The number of rotatable bonds is 4. The lowest BCUT2D eigenvalue weighted by Crippen LogP contribution is -2.19. The fourth-order valence-corrected chi connectivity index (χ4v) is 4.66. The van der Waals surface area contributed by atoms with Crippen LogP contribution in [0.5, 0.6) is 0 Å². The van der Waals surface area contributed by atoms with Gasteiger partial charge in [0.25, 0.3) is 0 Å². The van der Waals surface area contributed by atoms with Crippen LogP contribution in [0.15, 0.2) is 65.6 Å². The Kier molecular flexibility index (Phi) is 5.28. The lowest BCUT2D eigenvalue weighted by molar-refractivity contribution is 0.0695. The van der Waals surface area contributed by atoms with Crippen LogP contribution >= 0.6 is 23.2 Å². The van der Waals surface area contributed by atoms with E-state index in [9.17, 15) is 14.7 Å². The largest absolute Gasteiger partial charge is 0.477 e. The van der Waals surface area contributed by atoms with E-state index in [1.807, 2.05) is 0 Å². The van der Waals surface area contributed by atoms with Gasteiger partial charge < -0.3 is 9.67 Å². The van der Waals surface area contributed by atoms with Gasteiger partial charge in [0.1, 0.15) is 16.6 Å². The Morgan fingerprint density at radius 3 is 1.94 bits per heavy atom. The number of pyridine rings is 1. The SMILES string of the molecule is O=C(O)c1cn(C2CC2)c2c(cc(F)c3nc(-c4ccc(Cl)cc4)c(-c4ccc(Cl)cc4)nc32)c1=O. The van der Waals surface area contributed by atoms with Crippen LogP contribution in [0.4, 0.5) is 4.39 Å². The van der Waals surface area contributed by atoms with Crippen molar-refractivity contribution in [3.63, 3.8) is 0 Å². The van der Waals surface area contributed by atoms with E-state index in [-0.39, 0.29) is 22.5 Å². The zero-order chi connectivity index (χ0) is 25.1. The molecule has 1 aliphatic carbocycles. The molecule has 6 rings (SSSR count). The molecule has 0 atom stereocenters. The molecule has 0 bridgehead atoms. The molecule has 178 valence electrons. The zero-order valence-corrected chi connectivity index (χ0v) is 20.0. The molecule has 0 unspecified atom stereocenters. The van der Waals surface area contributed by atoms with Gasteiger partial charge in [-0.05, 0) is 43.2 Å². The molecular weight excluding hydrogens is 504 g/mol. The van der Waals surface area contributed by atoms with Crippen molar-refractivity contribution in [2.75, 3.05) is 0 Å². The number of aromatic carboxylic acids is 1. The number of nitrogens with zero attached hydrogens (tertiary/aromatic N) is 3. The first-order valence-electron chi connectivity index (χ1n) is 11.2. The van der Waals surface area contributed by atoms with Crippen molar-refractivity contribution in [3.05, 3.63) is 92.4 Å². The summed E-state index contributed by atoms with van der Waals surface area (Å²) in [5, 5.41) is 10.6. The molecule has 1 fully saturated rings. The maximum Gasteiger partial charge on any atom is 0.341 e. The molecule has 0 saturated heterocycles. The van der Waals surface area contributed by atoms with Gasteiger partial charge >= 0.3 is 5.97 Å². The molecule has 5 aromatic rings. The Balaban J connectivity index is 1.77. The highest BCUT2D eigenvalue weighted by molar-refractivity contribution is 6.31. The summed E-state index contributed by atoms with van der Waals surface area (Å²) in [6, 6.07) is 15.0. The number of hydrogen-bond donors (Lipinski definition) is 1. The predicted octanol–water partition coefficient (Wildman–Crippen LogP) is 6.76. The minimum absolute atomic E-state index is 0.00316. The van der Waals surface area contributed by atoms with Crippen LogP contribution < -0.4 is 5.43 Å². The van der Waals surface area contributed by atoms with Gasteiger partial charge in [-0.2, -0.15) is 0 Å². The van der Waals surface area contributed by atoms with E-state index < -0.39 is 22.8 Å². The van der Waals surface area contributed by atoms with E-state index in [2.05, 4.69) is 4.98 Å². The van der Waals surface area contributed by atoms with E-state index in [1.165, 1.54) is 6.20 Å². The highest BCUT2D eigenvalue weighted by atomic mass is 35.5. The maximum absolute atomic E-state index is 15.5. The van der Waals surface area contributed by atoms with Crippen molar-refractivity contribution >= 4 is 51.1 Å². The Bertz CT molecular complexity index is 1760. The second-order valence-electron chi connectivity index (χ2n) is 8.70. The van der Waals surface area contributed by atoms with Gasteiger partial charge in [-0.1, -0.05) is 47.5 Å². The predicted molar refractivity (Wildman–Crippen MR) is 137 cm³/mol. The molecule has 6 nitrogen and oxygen atoms in total. The number of aromatic nitrogens is 3. The van der Waals surface area contributed by atoms with Crippen molar-refractivity contribution in [3.8, 4) is 22.5 Å². The summed E-state index contributed by atoms with van der Waals surface area (Å²) in [7, 11) is 0. The molecule has 1 N–H and O–H groups in total. The fraction of sp³-hybridized carbons (Fsp3) is 0.111. The average Bonchev–Trinajstić information content (AvgIpc) is 3.70. The molecule has 2 heterocycles. The van der Waals surface area contributed by atoms with E-state index in [4.69, 9.17) is 28.2 Å². The standard InChI is InChI=1S/C27H16Cl2FN3O3/c28-15-5-1-13(2-6-15)21-22(14-3-7-16(29)8-4-14)32-24-23(31-21)20(30)11-18-25(24)33(17-9-10-17)12-19(26(18)34)27(35)36/h1-8,11-12,17H,9-10H2,(H,35,36). The fourth-order valence-electron chi connectivity index (χ4n) is 4.41. The van der Waals surface area contributed by atoms with Gasteiger partial charge in [-0.15, -0.1) is 0 Å². The van der Waals surface area contributed by atoms with E-state index in [0.717, 1.165) is 18.9 Å². The van der Waals surface area contributed by atoms with Crippen LogP contribution in [0, 0.1) is 5.82 Å². The number of hydrogen-bond acceptors (Lipinski definition) is 4. The Labute approximate surface area is 213 Å². The maximum atomic E-state index is 15.5. The molecule has 36 heavy (non-hydrogen) atoms. The minimum Gasteiger partial charge on any atom is -0.477 e. The number of carboxylic acid groups (broad SMARTS) is 1. The first-order valence-corrected chi connectivity index (χ1v) is 11.9. The molecule has 0 radical (unpaired) electrons. The number of carbonyl (C=O) groups is 1. The van der Waals surface area contributed by atoms with Crippen LogP contribution in [0.2, 0.25) is 10.0 Å². The molecule has 0 spiro atoms. The van der Waals surface area contributed by atoms with Crippen molar-refractivity contribution in [2.45, 2.75) is 18.9 Å². The van der Waals surface area contributed by atoms with Gasteiger partial charge in [0.15, 0.2) is 5.82 Å². The normalized spacial score (nSPS) is 13.4. The summed E-state index contributed by atoms with van der Waals surface area (Å²) >= 11 is 12.2. The lowest BCUT2D eigenvalue weighted by atomic mass is 10.0. The second kappa shape index (κ2) is 8.40. The van der Waals surface area contributed by atoms with Crippen molar-refractivity contribution in [1.29, 1.82) is 0 Å². The monoisotopic (exact) mass is 519 g/mol. The van der Waals surface area contributed by atoms with Gasteiger partial charge in [0.2, 0.25) is 5.43 Å². The number of halogens is 3. The third kappa shape index (κ3) is 3.72. The molecule has 2 aromatic heterocycles. The van der Waals surface area contributed by atoms with Crippen molar-refractivity contribution < 1.29 is 14.3 Å². The summed E-state index contributed by atoms with van der Waals surface area (Å²) in [6.07, 6.45) is 2.96. The number of benzene rings is 3. The summed E-state index contributed by atoms with van der Waals surface area (Å²) < 4.78 is 17.2. The molecule has 0 amide bonds. The van der Waals surface area contributed by atoms with E-state index in [1.54, 1.807) is 53.1 Å². The Morgan fingerprint density at radius 2 is 1.44 bits per heavy atom. The van der Waals surface area contributed by atoms with Gasteiger partial charge in [-0.25, -0.2) is 19.2 Å². The Hall–Kier alpha value is -3.81. The summed E-state index contributed by atoms with van der Waals surface area (Å²) in [6.45, 7) is 0. The van der Waals surface area contributed by atoms with Crippen LogP contribution in [-0.4, -0.2) is 25.6 Å². The molecule has 3 aromatic carbocycles. The van der Waals surface area contributed by atoms with Gasteiger partial charge in [0.05, 0.1) is 22.3 Å².